The summed E-state index contributed by atoms with van der Waals surface area (Å²) < 4.78 is 29.1. The van der Waals surface area contributed by atoms with Crippen LogP contribution in [-0.2, 0) is 14.6 Å². The molecular weight excluding hydrogens is 376 g/mol. The van der Waals surface area contributed by atoms with E-state index in [4.69, 9.17) is 4.74 Å². The highest BCUT2D eigenvalue weighted by Crippen LogP contribution is 2.30. The molecule has 1 N–H and O–H groups in total. The SMILES string of the molecule is CN1CCC(N2CCOCC2c2ncc(-c3ccc(S(C)(=O)=O)cc3)[nH]2)CC1. The quantitative estimate of drug-likeness (QED) is 0.839. The zero-order valence-corrected chi connectivity index (χ0v) is 17.3. The lowest BCUT2D eigenvalue weighted by molar-refractivity contribution is -0.0441. The summed E-state index contributed by atoms with van der Waals surface area (Å²) in [5.74, 6) is 0.917. The lowest BCUT2D eigenvalue weighted by Crippen LogP contribution is -2.50. The Kier molecular flexibility index (Phi) is 5.55. The number of aromatic nitrogens is 2. The molecule has 4 rings (SSSR count). The maximum Gasteiger partial charge on any atom is 0.175 e. The molecule has 3 heterocycles. The molecule has 28 heavy (non-hydrogen) atoms. The summed E-state index contributed by atoms with van der Waals surface area (Å²) in [4.78, 5) is 13.3. The second-order valence-corrected chi connectivity index (χ2v) is 9.86. The Morgan fingerprint density at radius 3 is 2.54 bits per heavy atom. The van der Waals surface area contributed by atoms with Gasteiger partial charge in [-0.05, 0) is 50.7 Å². The van der Waals surface area contributed by atoms with E-state index in [-0.39, 0.29) is 6.04 Å². The number of morpholine rings is 1. The average molecular weight is 405 g/mol. The van der Waals surface area contributed by atoms with Crippen molar-refractivity contribution in [3.63, 3.8) is 0 Å². The first kappa shape index (κ1) is 19.6. The largest absolute Gasteiger partial charge is 0.378 e. The molecule has 0 aliphatic carbocycles. The lowest BCUT2D eigenvalue weighted by Gasteiger charge is -2.43. The van der Waals surface area contributed by atoms with Crippen LogP contribution in [0.3, 0.4) is 0 Å². The summed E-state index contributed by atoms with van der Waals surface area (Å²) in [6.07, 6.45) is 5.39. The normalized spacial score (nSPS) is 23.1. The third kappa shape index (κ3) is 4.15. The molecule has 1 atom stereocenters. The van der Waals surface area contributed by atoms with Crippen LogP contribution in [0.15, 0.2) is 35.4 Å². The van der Waals surface area contributed by atoms with E-state index in [9.17, 15) is 8.42 Å². The van der Waals surface area contributed by atoms with E-state index >= 15 is 0 Å². The molecular formula is C20H28N4O3S. The van der Waals surface area contributed by atoms with Crippen molar-refractivity contribution >= 4 is 9.84 Å². The van der Waals surface area contributed by atoms with Gasteiger partial charge in [-0.2, -0.15) is 0 Å². The highest BCUT2D eigenvalue weighted by atomic mass is 32.2. The van der Waals surface area contributed by atoms with E-state index in [1.165, 1.54) is 19.1 Å². The fourth-order valence-corrected chi connectivity index (χ4v) is 4.78. The number of imidazole rings is 1. The molecule has 2 aromatic rings. The number of piperidine rings is 1. The zero-order chi connectivity index (χ0) is 19.7. The van der Waals surface area contributed by atoms with Gasteiger partial charge in [-0.1, -0.05) is 12.1 Å². The van der Waals surface area contributed by atoms with E-state index in [1.807, 2.05) is 18.3 Å². The Hall–Kier alpha value is -1.74. The van der Waals surface area contributed by atoms with Gasteiger partial charge < -0.3 is 14.6 Å². The van der Waals surface area contributed by atoms with Gasteiger partial charge in [0.15, 0.2) is 9.84 Å². The van der Waals surface area contributed by atoms with E-state index in [0.717, 1.165) is 43.3 Å². The predicted octanol–water partition coefficient (Wildman–Crippen LogP) is 1.95. The van der Waals surface area contributed by atoms with Crippen molar-refractivity contribution in [3.05, 3.63) is 36.3 Å². The highest BCUT2D eigenvalue weighted by Gasteiger charge is 2.33. The minimum atomic E-state index is -3.19. The van der Waals surface area contributed by atoms with E-state index < -0.39 is 9.84 Å². The van der Waals surface area contributed by atoms with Crippen molar-refractivity contribution in [2.45, 2.75) is 29.8 Å². The molecule has 1 aromatic heterocycles. The van der Waals surface area contributed by atoms with Crippen molar-refractivity contribution in [1.29, 1.82) is 0 Å². The first-order valence-corrected chi connectivity index (χ1v) is 11.7. The third-order valence-corrected chi connectivity index (χ3v) is 6.96. The molecule has 0 saturated carbocycles. The van der Waals surface area contributed by atoms with Crippen LogP contribution in [0.4, 0.5) is 0 Å². The molecule has 0 bridgehead atoms. The number of aromatic amines is 1. The van der Waals surface area contributed by atoms with E-state index in [2.05, 4.69) is 26.8 Å². The maximum atomic E-state index is 11.7. The number of ether oxygens (including phenoxy) is 1. The molecule has 0 amide bonds. The number of sulfone groups is 1. The standard InChI is InChI=1S/C20H28N4O3S/c1-23-9-7-16(8-10-23)24-11-12-27-14-19(24)20-21-13-18(22-20)15-3-5-17(6-4-15)28(2,25)26/h3-6,13,16,19H,7-12,14H2,1-2H3,(H,21,22). The number of H-pyrrole nitrogens is 1. The molecule has 2 aliphatic heterocycles. The van der Waals surface area contributed by atoms with Gasteiger partial charge in [-0.15, -0.1) is 0 Å². The van der Waals surface area contributed by atoms with E-state index in [1.54, 1.807) is 12.1 Å². The summed E-state index contributed by atoms with van der Waals surface area (Å²) >= 11 is 0. The number of nitrogens with zero attached hydrogens (tertiary/aromatic N) is 3. The Morgan fingerprint density at radius 2 is 1.86 bits per heavy atom. The maximum absolute atomic E-state index is 11.7. The topological polar surface area (TPSA) is 78.5 Å². The summed E-state index contributed by atoms with van der Waals surface area (Å²) in [6.45, 7) is 4.60. The minimum absolute atomic E-state index is 0.131. The van der Waals surface area contributed by atoms with Crippen molar-refractivity contribution in [1.82, 2.24) is 19.8 Å². The van der Waals surface area contributed by atoms with Crippen LogP contribution < -0.4 is 0 Å². The van der Waals surface area contributed by atoms with Gasteiger partial charge in [-0.25, -0.2) is 13.4 Å². The van der Waals surface area contributed by atoms with Gasteiger partial charge >= 0.3 is 0 Å². The Labute approximate surface area is 166 Å². The predicted molar refractivity (Wildman–Crippen MR) is 108 cm³/mol. The zero-order valence-electron chi connectivity index (χ0n) is 16.5. The molecule has 1 unspecified atom stereocenters. The van der Waals surface area contributed by atoms with Crippen LogP contribution in [0.5, 0.6) is 0 Å². The van der Waals surface area contributed by atoms with E-state index in [0.29, 0.717) is 17.5 Å². The van der Waals surface area contributed by atoms with Gasteiger partial charge in [-0.3, -0.25) is 4.90 Å². The Bertz CT molecular complexity index is 902. The second-order valence-electron chi connectivity index (χ2n) is 7.84. The van der Waals surface area contributed by atoms with Crippen molar-refractivity contribution in [2.75, 3.05) is 46.2 Å². The summed E-state index contributed by atoms with van der Waals surface area (Å²) in [7, 11) is -1.01. The molecule has 1 aromatic carbocycles. The monoisotopic (exact) mass is 404 g/mol. The molecule has 152 valence electrons. The van der Waals surface area contributed by atoms with Crippen LogP contribution in [0.25, 0.3) is 11.3 Å². The summed E-state index contributed by atoms with van der Waals surface area (Å²) in [5.41, 5.74) is 1.82. The Morgan fingerprint density at radius 1 is 1.14 bits per heavy atom. The highest BCUT2D eigenvalue weighted by molar-refractivity contribution is 7.90. The number of rotatable bonds is 4. The fourth-order valence-electron chi connectivity index (χ4n) is 4.15. The Balaban J connectivity index is 1.53. The number of likely N-dealkylation sites (tertiary alicyclic amines) is 1. The molecule has 2 saturated heterocycles. The molecule has 8 heteroatoms. The van der Waals surface area contributed by atoms with Crippen molar-refractivity contribution in [2.24, 2.45) is 0 Å². The molecule has 7 nitrogen and oxygen atoms in total. The van der Waals surface area contributed by atoms with Crippen LogP contribution in [0, 0.1) is 0 Å². The van der Waals surface area contributed by atoms with Crippen LogP contribution in [0.2, 0.25) is 0 Å². The molecule has 2 fully saturated rings. The minimum Gasteiger partial charge on any atom is -0.378 e. The lowest BCUT2D eigenvalue weighted by atomic mass is 10.0. The fraction of sp³-hybridized carbons (Fsp3) is 0.550. The van der Waals surface area contributed by atoms with Crippen molar-refractivity contribution in [3.8, 4) is 11.3 Å². The summed E-state index contributed by atoms with van der Waals surface area (Å²) in [5, 5.41) is 0. The van der Waals surface area contributed by atoms with Gasteiger partial charge in [0.2, 0.25) is 0 Å². The molecule has 0 radical (unpaired) electrons. The molecule has 2 aliphatic rings. The third-order valence-electron chi connectivity index (χ3n) is 5.83. The average Bonchev–Trinajstić information content (AvgIpc) is 3.18. The van der Waals surface area contributed by atoms with Gasteiger partial charge in [0.05, 0.1) is 36.0 Å². The van der Waals surface area contributed by atoms with Crippen LogP contribution in [0.1, 0.15) is 24.7 Å². The first-order chi connectivity index (χ1) is 13.4. The summed E-state index contributed by atoms with van der Waals surface area (Å²) in [6, 6.07) is 7.61. The molecule has 0 spiro atoms. The number of benzene rings is 1. The van der Waals surface area contributed by atoms with Gasteiger partial charge in [0.25, 0.3) is 0 Å². The second kappa shape index (κ2) is 7.94. The van der Waals surface area contributed by atoms with Gasteiger partial charge in [0, 0.05) is 18.8 Å². The number of hydrogen-bond acceptors (Lipinski definition) is 6. The van der Waals surface area contributed by atoms with Gasteiger partial charge in [0.1, 0.15) is 5.82 Å². The van der Waals surface area contributed by atoms with Crippen molar-refractivity contribution < 1.29 is 13.2 Å². The number of hydrogen-bond donors (Lipinski definition) is 1. The van der Waals surface area contributed by atoms with Crippen LogP contribution >= 0.6 is 0 Å². The first-order valence-electron chi connectivity index (χ1n) is 9.79. The van der Waals surface area contributed by atoms with Crippen LogP contribution in [-0.4, -0.2) is 80.4 Å². The smallest absolute Gasteiger partial charge is 0.175 e. The number of nitrogens with one attached hydrogen (secondary N) is 1.